The van der Waals surface area contributed by atoms with Crippen molar-refractivity contribution >= 4 is 38.9 Å². The van der Waals surface area contributed by atoms with E-state index in [1.54, 1.807) is 11.3 Å². The van der Waals surface area contributed by atoms with Crippen LogP contribution in [0.25, 0.3) is 0 Å². The van der Waals surface area contributed by atoms with Crippen molar-refractivity contribution in [2.24, 2.45) is 11.7 Å². The smallest absolute Gasteiger partial charge is 0.107 e. The largest absolute Gasteiger partial charge is 0.323 e. The summed E-state index contributed by atoms with van der Waals surface area (Å²) in [5, 5.41) is 0. The van der Waals surface area contributed by atoms with Gasteiger partial charge in [0.1, 0.15) is 4.34 Å². The summed E-state index contributed by atoms with van der Waals surface area (Å²) < 4.78 is 1.74. The average Bonchev–Trinajstić information content (AvgIpc) is 3.11. The van der Waals surface area contributed by atoms with E-state index in [0.29, 0.717) is 11.8 Å². The number of hydrogen-bond acceptors (Lipinski definition) is 2. The maximum absolute atomic E-state index is 6.34. The number of benzene rings is 1. The molecule has 3 rings (SSSR count). The molecule has 0 amide bonds. The Morgan fingerprint density at radius 2 is 2.06 bits per heavy atom. The first-order valence-electron chi connectivity index (χ1n) is 5.92. The molecule has 0 saturated heterocycles. The van der Waals surface area contributed by atoms with Crippen molar-refractivity contribution < 1.29 is 0 Å². The fourth-order valence-corrected chi connectivity index (χ4v) is 4.25. The van der Waals surface area contributed by atoms with E-state index in [4.69, 9.17) is 17.3 Å². The van der Waals surface area contributed by atoms with Crippen molar-refractivity contribution in [3.63, 3.8) is 0 Å². The van der Waals surface area contributed by atoms with Crippen molar-refractivity contribution in [1.82, 2.24) is 0 Å². The third-order valence-electron chi connectivity index (χ3n) is 3.52. The summed E-state index contributed by atoms with van der Waals surface area (Å²) in [6, 6.07) is 12.8. The molecule has 1 aliphatic rings. The van der Waals surface area contributed by atoms with Gasteiger partial charge in [0.15, 0.2) is 0 Å². The zero-order chi connectivity index (χ0) is 12.7. The minimum Gasteiger partial charge on any atom is -0.323 e. The molecule has 94 valence electrons. The second-order valence-electron chi connectivity index (χ2n) is 4.71. The number of hydrogen-bond donors (Lipinski definition) is 1. The van der Waals surface area contributed by atoms with Crippen molar-refractivity contribution in [2.75, 3.05) is 0 Å². The molecule has 2 N–H and O–H groups in total. The molecule has 1 aliphatic carbocycles. The van der Waals surface area contributed by atoms with Gasteiger partial charge >= 0.3 is 0 Å². The van der Waals surface area contributed by atoms with Gasteiger partial charge in [0.05, 0.1) is 0 Å². The van der Waals surface area contributed by atoms with Gasteiger partial charge in [-0.25, -0.2) is 0 Å². The van der Waals surface area contributed by atoms with Crippen molar-refractivity contribution in [2.45, 2.75) is 18.4 Å². The van der Waals surface area contributed by atoms with Gasteiger partial charge in [0.2, 0.25) is 0 Å². The van der Waals surface area contributed by atoms with Crippen LogP contribution in [0.1, 0.15) is 28.8 Å². The van der Waals surface area contributed by atoms with E-state index in [1.165, 1.54) is 16.9 Å². The molecule has 1 aromatic carbocycles. The predicted molar refractivity (Wildman–Crippen MR) is 81.2 cm³/mol. The molecule has 1 heterocycles. The summed E-state index contributed by atoms with van der Waals surface area (Å²) in [4.78, 5) is 1.18. The molecule has 1 fully saturated rings. The van der Waals surface area contributed by atoms with E-state index >= 15 is 0 Å². The van der Waals surface area contributed by atoms with Gasteiger partial charge in [-0.2, -0.15) is 0 Å². The highest BCUT2D eigenvalue weighted by Crippen LogP contribution is 2.54. The summed E-state index contributed by atoms with van der Waals surface area (Å²) in [6.07, 6.45) is 1.18. The van der Waals surface area contributed by atoms with Gasteiger partial charge in [-0.1, -0.05) is 41.9 Å². The van der Waals surface area contributed by atoms with Gasteiger partial charge in [0, 0.05) is 15.4 Å². The van der Waals surface area contributed by atoms with E-state index in [0.717, 1.165) is 8.81 Å². The maximum atomic E-state index is 6.34. The molecule has 3 unspecified atom stereocenters. The summed E-state index contributed by atoms with van der Waals surface area (Å²) in [6.45, 7) is 0. The van der Waals surface area contributed by atoms with Crippen LogP contribution in [-0.2, 0) is 0 Å². The van der Waals surface area contributed by atoms with Gasteiger partial charge in [-0.3, -0.25) is 0 Å². The van der Waals surface area contributed by atoms with Crippen LogP contribution < -0.4 is 5.73 Å². The van der Waals surface area contributed by atoms with Crippen molar-refractivity contribution in [3.8, 4) is 0 Å². The second-order valence-corrected chi connectivity index (χ2v) is 7.25. The topological polar surface area (TPSA) is 26.0 Å². The molecule has 3 atom stereocenters. The van der Waals surface area contributed by atoms with Crippen molar-refractivity contribution in [3.05, 3.63) is 55.6 Å². The van der Waals surface area contributed by atoms with E-state index in [-0.39, 0.29) is 6.04 Å². The molecular formula is C14H13BrClNS. The molecule has 1 nitrogen and oxygen atoms in total. The van der Waals surface area contributed by atoms with Crippen LogP contribution in [0.15, 0.2) is 40.9 Å². The molecule has 0 bridgehead atoms. The molecule has 0 aliphatic heterocycles. The first-order valence-corrected chi connectivity index (χ1v) is 7.91. The molecule has 2 aromatic rings. The fraction of sp³-hybridized carbons (Fsp3) is 0.286. The van der Waals surface area contributed by atoms with Crippen LogP contribution in [0, 0.1) is 5.92 Å². The Bertz CT molecular complexity index is 535. The van der Waals surface area contributed by atoms with E-state index in [9.17, 15) is 0 Å². The SMILES string of the molecule is NC(c1cc(Br)c(Cl)s1)C1CC1c1ccccc1. The Morgan fingerprint density at radius 1 is 1.33 bits per heavy atom. The summed E-state index contributed by atoms with van der Waals surface area (Å²) in [7, 11) is 0. The van der Waals surface area contributed by atoms with E-state index in [1.807, 2.05) is 0 Å². The fourth-order valence-electron chi connectivity index (χ4n) is 2.43. The second kappa shape index (κ2) is 4.97. The third kappa shape index (κ3) is 2.37. The lowest BCUT2D eigenvalue weighted by Crippen LogP contribution is -2.11. The number of thiophene rings is 1. The lowest BCUT2D eigenvalue weighted by atomic mass is 10.1. The summed E-state index contributed by atoms with van der Waals surface area (Å²) in [5.74, 6) is 1.16. The average molecular weight is 343 g/mol. The maximum Gasteiger partial charge on any atom is 0.107 e. The quantitative estimate of drug-likeness (QED) is 0.837. The zero-order valence-electron chi connectivity index (χ0n) is 9.64. The lowest BCUT2D eigenvalue weighted by Gasteiger charge is -2.08. The highest BCUT2D eigenvalue weighted by molar-refractivity contribution is 9.10. The normalized spacial score (nSPS) is 23.9. The monoisotopic (exact) mass is 341 g/mol. The Hall–Kier alpha value is -0.350. The minimum absolute atomic E-state index is 0.101. The lowest BCUT2D eigenvalue weighted by molar-refractivity contribution is 0.626. The van der Waals surface area contributed by atoms with Crippen LogP contribution in [0.2, 0.25) is 4.34 Å². The van der Waals surface area contributed by atoms with Crippen LogP contribution in [0.4, 0.5) is 0 Å². The van der Waals surface area contributed by atoms with Gasteiger partial charge in [-0.15, -0.1) is 11.3 Å². The third-order valence-corrected chi connectivity index (χ3v) is 6.10. The van der Waals surface area contributed by atoms with Gasteiger partial charge < -0.3 is 5.73 Å². The highest BCUT2D eigenvalue weighted by atomic mass is 79.9. The Labute approximate surface area is 124 Å². The van der Waals surface area contributed by atoms with Crippen LogP contribution in [0.3, 0.4) is 0 Å². The Kier molecular flexibility index (Phi) is 3.50. The molecule has 0 spiro atoms. The number of halogens is 2. The first-order chi connectivity index (χ1) is 8.66. The zero-order valence-corrected chi connectivity index (χ0v) is 12.8. The molecular weight excluding hydrogens is 330 g/mol. The Balaban J connectivity index is 1.75. The standard InChI is InChI=1S/C14H13BrClNS/c15-11-7-12(18-14(11)16)13(17)10-6-9(10)8-4-2-1-3-5-8/h1-5,7,9-10,13H,6,17H2. The highest BCUT2D eigenvalue weighted by Gasteiger charge is 2.43. The summed E-state index contributed by atoms with van der Waals surface area (Å²) >= 11 is 11.1. The molecule has 0 radical (unpaired) electrons. The summed E-state index contributed by atoms with van der Waals surface area (Å²) in [5.41, 5.74) is 7.74. The first kappa shape index (κ1) is 12.7. The van der Waals surface area contributed by atoms with E-state index in [2.05, 4.69) is 52.3 Å². The molecule has 1 saturated carbocycles. The molecule has 1 aromatic heterocycles. The predicted octanol–water partition coefficient (Wildman–Crippen LogP) is 4.97. The van der Waals surface area contributed by atoms with Crippen LogP contribution in [0.5, 0.6) is 0 Å². The van der Waals surface area contributed by atoms with Gasteiger partial charge in [0.25, 0.3) is 0 Å². The van der Waals surface area contributed by atoms with Crippen LogP contribution in [-0.4, -0.2) is 0 Å². The van der Waals surface area contributed by atoms with Crippen molar-refractivity contribution in [1.29, 1.82) is 0 Å². The Morgan fingerprint density at radius 3 is 2.67 bits per heavy atom. The molecule has 18 heavy (non-hydrogen) atoms. The van der Waals surface area contributed by atoms with E-state index < -0.39 is 0 Å². The number of rotatable bonds is 3. The van der Waals surface area contributed by atoms with Gasteiger partial charge in [-0.05, 0) is 45.8 Å². The number of nitrogens with two attached hydrogens (primary N) is 1. The van der Waals surface area contributed by atoms with Crippen LogP contribution >= 0.6 is 38.9 Å². The minimum atomic E-state index is 0.101. The molecule has 4 heteroatoms.